The molecule has 2 rings (SSSR count). The van der Waals surface area contributed by atoms with Crippen LogP contribution in [0.1, 0.15) is 32.6 Å². The van der Waals surface area contributed by atoms with Crippen molar-refractivity contribution in [1.82, 2.24) is 5.32 Å². The normalized spacial score (nSPS) is 38.2. The largest absolute Gasteiger partial charge is 0.480 e. The van der Waals surface area contributed by atoms with Crippen LogP contribution < -0.4 is 5.32 Å². The van der Waals surface area contributed by atoms with Crippen LogP contribution >= 0.6 is 0 Å². The molecule has 2 fully saturated rings. The minimum Gasteiger partial charge on any atom is -0.480 e. The molecular formula is C12H21NO4. The first-order valence-corrected chi connectivity index (χ1v) is 6.34. The molecule has 0 amide bonds. The summed E-state index contributed by atoms with van der Waals surface area (Å²) in [5, 5.41) is 12.6. The second kappa shape index (κ2) is 5.33. The van der Waals surface area contributed by atoms with Gasteiger partial charge in [0.15, 0.2) is 0 Å². The number of ether oxygens (including phenoxy) is 2. The number of rotatable bonds is 4. The minimum atomic E-state index is -0.830. The Balaban J connectivity index is 1.93. The number of hydrogen-bond donors (Lipinski definition) is 2. The first kappa shape index (κ1) is 12.8. The van der Waals surface area contributed by atoms with Crippen molar-refractivity contribution in [3.8, 4) is 0 Å². The van der Waals surface area contributed by atoms with E-state index in [1.54, 1.807) is 0 Å². The average molecular weight is 243 g/mol. The third-order valence-corrected chi connectivity index (χ3v) is 3.67. The van der Waals surface area contributed by atoms with Crippen molar-refractivity contribution in [2.24, 2.45) is 0 Å². The van der Waals surface area contributed by atoms with Crippen LogP contribution in [0, 0.1) is 0 Å². The molecule has 0 saturated carbocycles. The molecule has 5 nitrogen and oxygen atoms in total. The number of carboxylic acids is 1. The molecule has 0 aromatic rings. The monoisotopic (exact) mass is 243 g/mol. The van der Waals surface area contributed by atoms with Crippen molar-refractivity contribution in [2.45, 2.75) is 50.4 Å². The first-order chi connectivity index (χ1) is 8.12. The van der Waals surface area contributed by atoms with E-state index >= 15 is 0 Å². The van der Waals surface area contributed by atoms with E-state index in [1.165, 1.54) is 0 Å². The summed E-state index contributed by atoms with van der Waals surface area (Å²) >= 11 is 0. The topological polar surface area (TPSA) is 67.8 Å². The van der Waals surface area contributed by atoms with Gasteiger partial charge in [0.2, 0.25) is 0 Å². The lowest BCUT2D eigenvalue weighted by molar-refractivity contribution is -0.152. The van der Waals surface area contributed by atoms with Crippen LogP contribution in [0.2, 0.25) is 0 Å². The molecule has 0 aromatic carbocycles. The van der Waals surface area contributed by atoms with Crippen LogP contribution in [0.25, 0.3) is 0 Å². The van der Waals surface area contributed by atoms with Gasteiger partial charge < -0.3 is 14.6 Å². The van der Waals surface area contributed by atoms with Gasteiger partial charge in [0.25, 0.3) is 0 Å². The number of nitrogens with one attached hydrogen (secondary N) is 1. The van der Waals surface area contributed by atoms with Crippen LogP contribution in [-0.2, 0) is 14.3 Å². The van der Waals surface area contributed by atoms with E-state index in [0.717, 1.165) is 19.4 Å². The average Bonchev–Trinajstić information content (AvgIpc) is 2.79. The van der Waals surface area contributed by atoms with Gasteiger partial charge >= 0.3 is 5.97 Å². The molecule has 17 heavy (non-hydrogen) atoms. The zero-order valence-corrected chi connectivity index (χ0v) is 10.3. The Bertz CT molecular complexity index is 278. The number of carboxylic acid groups (broad SMARTS) is 1. The van der Waals surface area contributed by atoms with Gasteiger partial charge in [-0.1, -0.05) is 0 Å². The fourth-order valence-electron chi connectivity index (χ4n) is 2.63. The lowest BCUT2D eigenvalue weighted by Gasteiger charge is -2.37. The molecule has 0 bridgehead atoms. The number of aliphatic carboxylic acids is 1. The predicted molar refractivity (Wildman–Crippen MR) is 62.0 cm³/mol. The van der Waals surface area contributed by atoms with Gasteiger partial charge in [0.05, 0.1) is 12.2 Å². The van der Waals surface area contributed by atoms with Crippen LogP contribution in [0.3, 0.4) is 0 Å². The highest BCUT2D eigenvalue weighted by atomic mass is 16.5. The Morgan fingerprint density at radius 3 is 2.88 bits per heavy atom. The quantitative estimate of drug-likeness (QED) is 0.763. The van der Waals surface area contributed by atoms with Crippen molar-refractivity contribution in [2.75, 3.05) is 19.8 Å². The molecule has 3 unspecified atom stereocenters. The first-order valence-electron chi connectivity index (χ1n) is 6.34. The Morgan fingerprint density at radius 1 is 1.47 bits per heavy atom. The van der Waals surface area contributed by atoms with Crippen LogP contribution in [0.5, 0.6) is 0 Å². The van der Waals surface area contributed by atoms with E-state index in [-0.39, 0.29) is 12.2 Å². The van der Waals surface area contributed by atoms with E-state index < -0.39 is 11.5 Å². The summed E-state index contributed by atoms with van der Waals surface area (Å²) in [5.41, 5.74) is -0.830. The molecule has 98 valence electrons. The standard InChI is InChI=1S/C12H21NO4/c1-9-7-12(11(14)15,4-6-16-9)13-8-10-3-2-5-17-10/h9-10,13H,2-8H2,1H3,(H,14,15). The second-order valence-corrected chi connectivity index (χ2v) is 5.04. The van der Waals surface area contributed by atoms with Gasteiger partial charge in [0, 0.05) is 26.2 Å². The SMILES string of the molecule is CC1CC(NCC2CCCO2)(C(=O)O)CCO1. The third kappa shape index (κ3) is 2.97. The van der Waals surface area contributed by atoms with Gasteiger partial charge in [-0.05, 0) is 26.2 Å². The Hall–Kier alpha value is -0.650. The molecule has 0 radical (unpaired) electrons. The van der Waals surface area contributed by atoms with Gasteiger partial charge in [0.1, 0.15) is 5.54 Å². The van der Waals surface area contributed by atoms with Crippen molar-refractivity contribution in [3.63, 3.8) is 0 Å². The van der Waals surface area contributed by atoms with Gasteiger partial charge in [-0.3, -0.25) is 10.1 Å². The molecule has 2 aliphatic rings. The van der Waals surface area contributed by atoms with Crippen molar-refractivity contribution in [1.29, 1.82) is 0 Å². The van der Waals surface area contributed by atoms with E-state index in [0.29, 0.717) is 26.0 Å². The Labute approximate surface area is 101 Å². The molecule has 2 aliphatic heterocycles. The summed E-state index contributed by atoms with van der Waals surface area (Å²) < 4.78 is 10.9. The van der Waals surface area contributed by atoms with E-state index in [2.05, 4.69) is 5.32 Å². The highest BCUT2D eigenvalue weighted by molar-refractivity contribution is 5.79. The van der Waals surface area contributed by atoms with Gasteiger partial charge in [-0.2, -0.15) is 0 Å². The smallest absolute Gasteiger partial charge is 0.324 e. The molecule has 0 aliphatic carbocycles. The summed E-state index contributed by atoms with van der Waals surface area (Å²) in [4.78, 5) is 11.5. The maximum absolute atomic E-state index is 11.5. The van der Waals surface area contributed by atoms with Gasteiger partial charge in [-0.15, -0.1) is 0 Å². The van der Waals surface area contributed by atoms with Gasteiger partial charge in [-0.25, -0.2) is 0 Å². The molecule has 2 heterocycles. The summed E-state index contributed by atoms with van der Waals surface area (Å²) in [6.07, 6.45) is 3.32. The highest BCUT2D eigenvalue weighted by Crippen LogP contribution is 2.26. The zero-order valence-electron chi connectivity index (χ0n) is 10.3. The van der Waals surface area contributed by atoms with Crippen molar-refractivity contribution < 1.29 is 19.4 Å². The fourth-order valence-corrected chi connectivity index (χ4v) is 2.63. The number of hydrogen-bond acceptors (Lipinski definition) is 4. The molecule has 3 atom stereocenters. The maximum Gasteiger partial charge on any atom is 0.324 e. The van der Waals surface area contributed by atoms with Crippen molar-refractivity contribution in [3.05, 3.63) is 0 Å². The molecule has 5 heteroatoms. The third-order valence-electron chi connectivity index (χ3n) is 3.67. The lowest BCUT2D eigenvalue weighted by Crippen LogP contribution is -2.58. The molecular weight excluding hydrogens is 222 g/mol. The Kier molecular flexibility index (Phi) is 4.01. The summed E-state index contributed by atoms with van der Waals surface area (Å²) in [6.45, 7) is 3.85. The van der Waals surface area contributed by atoms with E-state index in [1.807, 2.05) is 6.92 Å². The molecule has 0 spiro atoms. The van der Waals surface area contributed by atoms with Crippen LogP contribution in [-0.4, -0.2) is 48.6 Å². The Morgan fingerprint density at radius 2 is 2.29 bits per heavy atom. The maximum atomic E-state index is 11.5. The van der Waals surface area contributed by atoms with E-state index in [4.69, 9.17) is 9.47 Å². The summed E-state index contributed by atoms with van der Waals surface area (Å²) in [7, 11) is 0. The molecule has 2 N–H and O–H groups in total. The molecule has 2 saturated heterocycles. The summed E-state index contributed by atoms with van der Waals surface area (Å²) in [5.74, 6) is -0.773. The lowest BCUT2D eigenvalue weighted by atomic mass is 9.87. The zero-order chi connectivity index (χ0) is 12.3. The second-order valence-electron chi connectivity index (χ2n) is 5.04. The number of carbonyl (C=O) groups is 1. The van der Waals surface area contributed by atoms with E-state index in [9.17, 15) is 9.90 Å². The summed E-state index contributed by atoms with van der Waals surface area (Å²) in [6, 6.07) is 0. The van der Waals surface area contributed by atoms with Crippen LogP contribution in [0.15, 0.2) is 0 Å². The minimum absolute atomic E-state index is 0.00292. The predicted octanol–water partition coefficient (Wildman–Crippen LogP) is 0.777. The van der Waals surface area contributed by atoms with Crippen LogP contribution in [0.4, 0.5) is 0 Å². The molecule has 0 aromatic heterocycles. The van der Waals surface area contributed by atoms with Crippen molar-refractivity contribution >= 4 is 5.97 Å². The fraction of sp³-hybridized carbons (Fsp3) is 0.917. The highest BCUT2D eigenvalue weighted by Gasteiger charge is 2.42.